The summed E-state index contributed by atoms with van der Waals surface area (Å²) in [5.74, 6) is 0. The van der Waals surface area contributed by atoms with Gasteiger partial charge in [-0.25, -0.2) is 0 Å². The lowest BCUT2D eigenvalue weighted by molar-refractivity contribution is 1.45. The Morgan fingerprint density at radius 2 is 1.53 bits per heavy atom. The number of anilines is 1. The van der Waals surface area contributed by atoms with Crippen molar-refractivity contribution in [2.24, 2.45) is 0 Å². The molecule has 90 valence electrons. The van der Waals surface area contributed by atoms with Gasteiger partial charge in [-0.3, -0.25) is 0 Å². The molecule has 3 nitrogen and oxygen atoms in total. The average Bonchev–Trinajstić information content (AvgIpc) is 2.46. The predicted octanol–water partition coefficient (Wildman–Crippen LogP) is 3.32. The van der Waals surface area contributed by atoms with E-state index in [2.05, 4.69) is 18.7 Å². The Morgan fingerprint density at radius 1 is 0.947 bits per heavy atom. The second-order valence-corrected chi connectivity index (χ2v) is 3.97. The van der Waals surface area contributed by atoms with Crippen molar-refractivity contribution in [3.8, 4) is 23.3 Å². The normalized spacial score (nSPS) is 9.37. The fourth-order valence-electron chi connectivity index (χ4n) is 2.05. The monoisotopic (exact) mass is 245 g/mol. The Hall–Kier alpha value is -3.04. The number of rotatable bonds is 2. The lowest BCUT2D eigenvalue weighted by atomic mass is 9.90. The van der Waals surface area contributed by atoms with E-state index in [1.54, 1.807) is 36.4 Å². The maximum absolute atomic E-state index is 9.25. The molecule has 0 aromatic heterocycles. The molecule has 0 unspecified atom stereocenters. The quantitative estimate of drug-likeness (QED) is 0.825. The molecule has 3 heteroatoms. The molecule has 0 saturated heterocycles. The van der Waals surface area contributed by atoms with Crippen LogP contribution < -0.4 is 5.73 Å². The van der Waals surface area contributed by atoms with E-state index >= 15 is 0 Å². The number of nitrogens with two attached hydrogens (primary N) is 1. The lowest BCUT2D eigenvalue weighted by Gasteiger charge is -2.12. The van der Waals surface area contributed by atoms with E-state index in [0.717, 1.165) is 5.56 Å². The summed E-state index contributed by atoms with van der Waals surface area (Å²) in [6.45, 7) is 3.74. The second kappa shape index (κ2) is 5.08. The van der Waals surface area contributed by atoms with Crippen LogP contribution in [0.4, 0.5) is 5.69 Å². The highest BCUT2D eigenvalue weighted by Crippen LogP contribution is 2.35. The molecule has 2 N–H and O–H groups in total. The van der Waals surface area contributed by atoms with Crippen molar-refractivity contribution in [3.63, 3.8) is 0 Å². The van der Waals surface area contributed by atoms with Gasteiger partial charge in [-0.1, -0.05) is 30.9 Å². The van der Waals surface area contributed by atoms with Gasteiger partial charge in [0.2, 0.25) is 0 Å². The number of nitrogen functional groups attached to an aromatic ring is 1. The molecule has 0 atom stereocenters. The molecule has 0 bridgehead atoms. The van der Waals surface area contributed by atoms with E-state index in [9.17, 15) is 10.5 Å². The molecule has 0 saturated carbocycles. The zero-order valence-corrected chi connectivity index (χ0v) is 10.2. The molecule has 0 fully saturated rings. The first-order valence-electron chi connectivity index (χ1n) is 5.67. The molecule has 0 radical (unpaired) electrons. The van der Waals surface area contributed by atoms with Crippen LogP contribution in [-0.4, -0.2) is 0 Å². The maximum atomic E-state index is 9.25. The molecule has 0 aliphatic carbocycles. The van der Waals surface area contributed by atoms with E-state index in [-0.39, 0.29) is 0 Å². The molecule has 0 heterocycles. The van der Waals surface area contributed by atoms with Crippen LogP contribution in [0.2, 0.25) is 0 Å². The van der Waals surface area contributed by atoms with Crippen molar-refractivity contribution in [2.75, 3.05) is 5.73 Å². The fraction of sp³-hybridized carbons (Fsp3) is 0. The number of hydrogen-bond acceptors (Lipinski definition) is 3. The first-order chi connectivity index (χ1) is 9.22. The highest BCUT2D eigenvalue weighted by molar-refractivity contribution is 5.89. The van der Waals surface area contributed by atoms with Gasteiger partial charge < -0.3 is 5.73 Å². The van der Waals surface area contributed by atoms with Gasteiger partial charge in [0.15, 0.2) is 0 Å². The Morgan fingerprint density at radius 3 is 2.11 bits per heavy atom. The van der Waals surface area contributed by atoms with Crippen molar-refractivity contribution >= 4 is 11.8 Å². The maximum Gasteiger partial charge on any atom is 0.0998 e. The summed E-state index contributed by atoms with van der Waals surface area (Å²) in [6.07, 6.45) is 1.66. The minimum atomic E-state index is 0.450. The van der Waals surface area contributed by atoms with Crippen LogP contribution in [0, 0.1) is 22.7 Å². The minimum absolute atomic E-state index is 0.450. The van der Waals surface area contributed by atoms with Crippen LogP contribution in [0.25, 0.3) is 17.2 Å². The molecule has 2 rings (SSSR count). The molecule has 0 aliphatic heterocycles. The van der Waals surface area contributed by atoms with Crippen LogP contribution >= 0.6 is 0 Å². The molecule has 0 amide bonds. The predicted molar refractivity (Wildman–Crippen MR) is 75.8 cm³/mol. The highest BCUT2D eigenvalue weighted by Gasteiger charge is 2.15. The van der Waals surface area contributed by atoms with Crippen LogP contribution in [0.5, 0.6) is 0 Å². The summed E-state index contributed by atoms with van der Waals surface area (Å²) in [4.78, 5) is 0. The minimum Gasteiger partial charge on any atom is -0.398 e. The van der Waals surface area contributed by atoms with Crippen LogP contribution in [-0.2, 0) is 0 Å². The van der Waals surface area contributed by atoms with Gasteiger partial charge in [0, 0.05) is 16.8 Å². The third kappa shape index (κ3) is 2.06. The van der Waals surface area contributed by atoms with Crippen molar-refractivity contribution in [1.29, 1.82) is 10.5 Å². The molecule has 0 aliphatic rings. The second-order valence-electron chi connectivity index (χ2n) is 3.97. The fourth-order valence-corrected chi connectivity index (χ4v) is 2.05. The summed E-state index contributed by atoms with van der Waals surface area (Å²) in [7, 11) is 0. The molecular weight excluding hydrogens is 234 g/mol. The number of hydrogen-bond donors (Lipinski definition) is 1. The van der Waals surface area contributed by atoms with E-state index in [1.807, 2.05) is 6.07 Å². The number of nitrogens with zero attached hydrogens (tertiary/aromatic N) is 2. The standard InChI is InChI=1S/C16H11N3/c1-2-11-5-3-6-12(9-17)15(11)16-13(10-18)7-4-8-14(16)19/h2-8H,1,19H2. The zero-order chi connectivity index (χ0) is 13.8. The van der Waals surface area contributed by atoms with Gasteiger partial charge in [0.1, 0.15) is 0 Å². The Labute approximate surface area is 111 Å². The third-order valence-electron chi connectivity index (χ3n) is 2.90. The largest absolute Gasteiger partial charge is 0.398 e. The van der Waals surface area contributed by atoms with Gasteiger partial charge in [0.05, 0.1) is 23.3 Å². The molecule has 2 aromatic rings. The topological polar surface area (TPSA) is 73.6 Å². The first kappa shape index (κ1) is 12.4. The molecule has 19 heavy (non-hydrogen) atoms. The number of benzene rings is 2. The van der Waals surface area contributed by atoms with Crippen LogP contribution in [0.1, 0.15) is 16.7 Å². The van der Waals surface area contributed by atoms with Gasteiger partial charge in [-0.05, 0) is 23.8 Å². The summed E-state index contributed by atoms with van der Waals surface area (Å²) in [5, 5.41) is 18.5. The smallest absolute Gasteiger partial charge is 0.0998 e. The van der Waals surface area contributed by atoms with Crippen molar-refractivity contribution in [3.05, 3.63) is 59.7 Å². The zero-order valence-electron chi connectivity index (χ0n) is 10.2. The van der Waals surface area contributed by atoms with Gasteiger partial charge in [-0.15, -0.1) is 0 Å². The van der Waals surface area contributed by atoms with E-state index in [0.29, 0.717) is 27.9 Å². The van der Waals surface area contributed by atoms with E-state index in [4.69, 9.17) is 5.73 Å². The Kier molecular flexibility index (Phi) is 3.32. The van der Waals surface area contributed by atoms with Crippen molar-refractivity contribution in [1.82, 2.24) is 0 Å². The SMILES string of the molecule is C=Cc1cccc(C#N)c1-c1c(N)cccc1C#N. The average molecular weight is 245 g/mol. The van der Waals surface area contributed by atoms with E-state index in [1.165, 1.54) is 0 Å². The number of nitriles is 2. The molecule has 0 spiro atoms. The molecular formula is C16H11N3. The summed E-state index contributed by atoms with van der Waals surface area (Å²) in [5.41, 5.74) is 9.43. The molecule has 2 aromatic carbocycles. The summed E-state index contributed by atoms with van der Waals surface area (Å²) < 4.78 is 0. The Bertz CT molecular complexity index is 731. The van der Waals surface area contributed by atoms with E-state index < -0.39 is 0 Å². The first-order valence-corrected chi connectivity index (χ1v) is 5.67. The Balaban J connectivity index is 2.91. The van der Waals surface area contributed by atoms with Gasteiger partial charge >= 0.3 is 0 Å². The van der Waals surface area contributed by atoms with Crippen molar-refractivity contribution in [2.45, 2.75) is 0 Å². The lowest BCUT2D eigenvalue weighted by Crippen LogP contribution is -1.97. The third-order valence-corrected chi connectivity index (χ3v) is 2.90. The van der Waals surface area contributed by atoms with Crippen LogP contribution in [0.15, 0.2) is 43.0 Å². The summed E-state index contributed by atoms with van der Waals surface area (Å²) >= 11 is 0. The van der Waals surface area contributed by atoms with Gasteiger partial charge in [0.25, 0.3) is 0 Å². The summed E-state index contributed by atoms with van der Waals surface area (Å²) in [6, 6.07) is 14.7. The van der Waals surface area contributed by atoms with Crippen LogP contribution in [0.3, 0.4) is 0 Å². The highest BCUT2D eigenvalue weighted by atomic mass is 14.6. The van der Waals surface area contributed by atoms with Crippen molar-refractivity contribution < 1.29 is 0 Å². The van der Waals surface area contributed by atoms with Gasteiger partial charge in [-0.2, -0.15) is 10.5 Å².